The number of amidine groups is 2. The van der Waals surface area contributed by atoms with Crippen LogP contribution in [0.5, 0.6) is 0 Å². The highest BCUT2D eigenvalue weighted by molar-refractivity contribution is 7.18. The van der Waals surface area contributed by atoms with Crippen LogP contribution in [0, 0.1) is 0 Å². The second-order valence-corrected chi connectivity index (χ2v) is 6.04. The Bertz CT molecular complexity index is 856. The summed E-state index contributed by atoms with van der Waals surface area (Å²) >= 11 is 1.51. The van der Waals surface area contributed by atoms with Gasteiger partial charge in [-0.05, 0) is 12.1 Å². The van der Waals surface area contributed by atoms with E-state index in [4.69, 9.17) is 21.9 Å². The molecule has 0 saturated heterocycles. The summed E-state index contributed by atoms with van der Waals surface area (Å²) in [6, 6.07) is 10.7. The van der Waals surface area contributed by atoms with Crippen LogP contribution in [0.25, 0.3) is 21.0 Å². The molecule has 126 valence electrons. The number of pyridine rings is 1. The second kappa shape index (κ2) is 6.97. The topological polar surface area (TPSA) is 143 Å². The van der Waals surface area contributed by atoms with Gasteiger partial charge in [0.05, 0.1) is 4.88 Å². The molecule has 0 atom stereocenters. The zero-order chi connectivity index (χ0) is 17.8. The molecule has 9 heteroatoms. The summed E-state index contributed by atoms with van der Waals surface area (Å²) in [7, 11) is 0. The minimum Gasteiger partial charge on any atom is -0.409 e. The number of benzene rings is 1. The van der Waals surface area contributed by atoms with Crippen LogP contribution in [0.2, 0.25) is 0 Å². The molecule has 0 aliphatic heterocycles. The Hall–Kier alpha value is -3.46. The highest BCUT2D eigenvalue weighted by Crippen LogP contribution is 2.31. The summed E-state index contributed by atoms with van der Waals surface area (Å²) in [4.78, 5) is 9.52. The van der Waals surface area contributed by atoms with Crippen molar-refractivity contribution < 1.29 is 10.4 Å². The van der Waals surface area contributed by atoms with Crippen LogP contribution in [0.3, 0.4) is 0 Å². The highest BCUT2D eigenvalue weighted by Gasteiger charge is 2.09. The number of aromatic nitrogens is 2. The van der Waals surface area contributed by atoms with Crippen LogP contribution in [0.4, 0.5) is 0 Å². The number of rotatable bonds is 4. The summed E-state index contributed by atoms with van der Waals surface area (Å²) < 4.78 is 0. The van der Waals surface area contributed by atoms with Crippen LogP contribution < -0.4 is 11.5 Å². The minimum absolute atomic E-state index is 0.0395. The predicted octanol–water partition coefficient (Wildman–Crippen LogP) is 2.06. The minimum atomic E-state index is -0.0395. The molecule has 3 rings (SSSR count). The maximum absolute atomic E-state index is 8.69. The molecule has 8 nitrogen and oxygen atoms in total. The predicted molar refractivity (Wildman–Crippen MR) is 95.8 cm³/mol. The molecular weight excluding hydrogens is 340 g/mol. The van der Waals surface area contributed by atoms with E-state index in [2.05, 4.69) is 20.3 Å². The maximum atomic E-state index is 8.69. The van der Waals surface area contributed by atoms with Gasteiger partial charge in [0.25, 0.3) is 0 Å². The molecular formula is C16H14N6O2S. The third kappa shape index (κ3) is 3.40. The summed E-state index contributed by atoms with van der Waals surface area (Å²) in [5, 5.41) is 24.1. The lowest BCUT2D eigenvalue weighted by Gasteiger charge is -2.01. The molecule has 2 heterocycles. The molecule has 0 unspecified atom stereocenters. The molecule has 0 fully saturated rings. The van der Waals surface area contributed by atoms with Crippen LogP contribution in [0.15, 0.2) is 59.1 Å². The van der Waals surface area contributed by atoms with E-state index < -0.39 is 0 Å². The summed E-state index contributed by atoms with van der Waals surface area (Å²) in [6.45, 7) is 0. The Morgan fingerprint density at radius 2 is 1.52 bits per heavy atom. The zero-order valence-corrected chi connectivity index (χ0v) is 13.7. The first kappa shape index (κ1) is 16.4. The van der Waals surface area contributed by atoms with Crippen molar-refractivity contribution >= 4 is 23.0 Å². The molecule has 0 aliphatic rings. The van der Waals surface area contributed by atoms with Gasteiger partial charge in [-0.2, -0.15) is 0 Å². The zero-order valence-electron chi connectivity index (χ0n) is 12.9. The molecule has 0 amide bonds. The van der Waals surface area contributed by atoms with Gasteiger partial charge in [0.1, 0.15) is 10.7 Å². The van der Waals surface area contributed by atoms with Gasteiger partial charge in [-0.25, -0.2) is 4.98 Å². The third-order valence-corrected chi connectivity index (χ3v) is 4.55. The van der Waals surface area contributed by atoms with Crippen molar-refractivity contribution in [2.24, 2.45) is 21.8 Å². The van der Waals surface area contributed by atoms with Crippen molar-refractivity contribution in [2.45, 2.75) is 0 Å². The van der Waals surface area contributed by atoms with E-state index in [0.717, 1.165) is 21.0 Å². The first-order valence-electron chi connectivity index (χ1n) is 7.11. The van der Waals surface area contributed by atoms with Crippen molar-refractivity contribution in [3.8, 4) is 21.0 Å². The van der Waals surface area contributed by atoms with Crippen LogP contribution >= 0.6 is 11.3 Å². The lowest BCUT2D eigenvalue weighted by molar-refractivity contribution is 0.318. The molecule has 2 aromatic heterocycles. The van der Waals surface area contributed by atoms with E-state index in [0.29, 0.717) is 11.3 Å². The fraction of sp³-hybridized carbons (Fsp3) is 0. The highest BCUT2D eigenvalue weighted by atomic mass is 32.1. The van der Waals surface area contributed by atoms with Gasteiger partial charge in [-0.3, -0.25) is 4.98 Å². The van der Waals surface area contributed by atoms with Crippen molar-refractivity contribution in [3.05, 3.63) is 60.0 Å². The quantitative estimate of drug-likeness (QED) is 0.244. The average Bonchev–Trinajstić information content (AvgIpc) is 3.17. The Morgan fingerprint density at radius 3 is 2.12 bits per heavy atom. The first-order valence-corrected chi connectivity index (χ1v) is 7.92. The standard InChI is InChI=1S/C16H14N6O2S/c17-14(21-23)9-1-3-10(4-2-9)16-20-8-13(25-16)11-5-6-12(19-7-11)15(18)22-24/h1-8,23-24H,(H2,17,21)(H2,18,22). The number of nitrogens with zero attached hydrogens (tertiary/aromatic N) is 4. The monoisotopic (exact) mass is 354 g/mol. The average molecular weight is 354 g/mol. The normalized spacial score (nSPS) is 12.3. The van der Waals surface area contributed by atoms with Crippen LogP contribution in [0.1, 0.15) is 11.3 Å². The fourth-order valence-corrected chi connectivity index (χ4v) is 3.04. The summed E-state index contributed by atoms with van der Waals surface area (Å²) in [5.41, 5.74) is 13.9. The SMILES string of the molecule is N/C(=N\O)c1ccc(-c2ncc(-c3ccc(/C(N)=N\O)nc3)s2)cc1. The van der Waals surface area contributed by atoms with Gasteiger partial charge in [-0.15, -0.1) is 11.3 Å². The summed E-state index contributed by atoms with van der Waals surface area (Å²) in [6.07, 6.45) is 3.41. The Labute approximate surface area is 146 Å². The number of hydrogen-bond donors (Lipinski definition) is 4. The van der Waals surface area contributed by atoms with Crippen molar-refractivity contribution in [3.63, 3.8) is 0 Å². The third-order valence-electron chi connectivity index (χ3n) is 3.46. The number of thiazole rings is 1. The molecule has 6 N–H and O–H groups in total. The van der Waals surface area contributed by atoms with Gasteiger partial charge < -0.3 is 21.9 Å². The molecule has 0 aliphatic carbocycles. The number of hydrogen-bond acceptors (Lipinski definition) is 7. The molecule has 1 aromatic carbocycles. The van der Waals surface area contributed by atoms with Crippen LogP contribution in [-0.2, 0) is 0 Å². The van der Waals surface area contributed by atoms with E-state index in [1.54, 1.807) is 30.6 Å². The van der Waals surface area contributed by atoms with E-state index in [1.165, 1.54) is 11.3 Å². The van der Waals surface area contributed by atoms with E-state index in [9.17, 15) is 0 Å². The molecule has 0 saturated carbocycles. The molecule has 0 radical (unpaired) electrons. The van der Waals surface area contributed by atoms with E-state index in [-0.39, 0.29) is 11.7 Å². The number of oxime groups is 2. The second-order valence-electron chi connectivity index (χ2n) is 5.01. The molecule has 0 bridgehead atoms. The van der Waals surface area contributed by atoms with E-state index in [1.807, 2.05) is 18.2 Å². The van der Waals surface area contributed by atoms with Crippen molar-refractivity contribution in [1.29, 1.82) is 0 Å². The number of nitrogens with two attached hydrogens (primary N) is 2. The molecule has 0 spiro atoms. The van der Waals surface area contributed by atoms with Gasteiger partial charge in [0.2, 0.25) is 0 Å². The Balaban J connectivity index is 1.85. The maximum Gasteiger partial charge on any atom is 0.188 e. The lowest BCUT2D eigenvalue weighted by Crippen LogP contribution is -2.14. The largest absolute Gasteiger partial charge is 0.409 e. The van der Waals surface area contributed by atoms with Crippen molar-refractivity contribution in [2.75, 3.05) is 0 Å². The van der Waals surface area contributed by atoms with Gasteiger partial charge in [-0.1, -0.05) is 34.6 Å². The van der Waals surface area contributed by atoms with Gasteiger partial charge >= 0.3 is 0 Å². The van der Waals surface area contributed by atoms with E-state index >= 15 is 0 Å². The van der Waals surface area contributed by atoms with Crippen LogP contribution in [-0.4, -0.2) is 32.1 Å². The molecule has 25 heavy (non-hydrogen) atoms. The summed E-state index contributed by atoms with van der Waals surface area (Å²) in [5.74, 6) is 0.0190. The van der Waals surface area contributed by atoms with Gasteiger partial charge in [0, 0.05) is 29.1 Å². The first-order chi connectivity index (χ1) is 12.1. The Morgan fingerprint density at radius 1 is 0.840 bits per heavy atom. The smallest absolute Gasteiger partial charge is 0.188 e. The van der Waals surface area contributed by atoms with Gasteiger partial charge in [0.15, 0.2) is 11.7 Å². The fourth-order valence-electron chi connectivity index (χ4n) is 2.12. The Kier molecular flexibility index (Phi) is 4.57. The molecule has 3 aromatic rings. The van der Waals surface area contributed by atoms with Crippen molar-refractivity contribution in [1.82, 2.24) is 9.97 Å². The lowest BCUT2D eigenvalue weighted by atomic mass is 10.1.